The second-order valence-electron chi connectivity index (χ2n) is 4.93. The van der Waals surface area contributed by atoms with Crippen molar-refractivity contribution in [2.24, 2.45) is 5.92 Å². The number of aliphatic carboxylic acids is 1. The maximum Gasteiger partial charge on any atom is 0.306 e. The molecule has 0 saturated carbocycles. The molecule has 0 aromatic carbocycles. The largest absolute Gasteiger partial charge is 0.481 e. The molecule has 0 aliphatic carbocycles. The number of nitrogens with zero attached hydrogens (tertiary/aromatic N) is 1. The van der Waals surface area contributed by atoms with E-state index in [9.17, 15) is 4.79 Å². The van der Waals surface area contributed by atoms with Crippen LogP contribution < -0.4 is 0 Å². The first-order valence-electron chi connectivity index (χ1n) is 6.37. The lowest BCUT2D eigenvalue weighted by Gasteiger charge is -2.35. The average Bonchev–Trinajstić information content (AvgIpc) is 2.30. The molecule has 0 aromatic rings. The number of hydrogen-bond donors (Lipinski definition) is 1. The van der Waals surface area contributed by atoms with Crippen LogP contribution in [0, 0.1) is 5.92 Å². The van der Waals surface area contributed by atoms with E-state index in [2.05, 4.69) is 4.90 Å². The first kappa shape index (κ1) is 12.8. The van der Waals surface area contributed by atoms with E-state index in [1.54, 1.807) is 0 Å². The molecule has 2 unspecified atom stereocenters. The number of ether oxygens (including phenoxy) is 2. The molecule has 2 atom stereocenters. The van der Waals surface area contributed by atoms with Crippen molar-refractivity contribution in [3.63, 3.8) is 0 Å². The van der Waals surface area contributed by atoms with E-state index in [1.165, 1.54) is 6.42 Å². The Hall–Kier alpha value is -0.650. The number of carboxylic acid groups (broad SMARTS) is 1. The van der Waals surface area contributed by atoms with Crippen LogP contribution in [-0.4, -0.2) is 61.5 Å². The van der Waals surface area contributed by atoms with Gasteiger partial charge in [-0.25, -0.2) is 0 Å². The third-order valence-electron chi connectivity index (χ3n) is 3.40. The van der Waals surface area contributed by atoms with Crippen molar-refractivity contribution >= 4 is 5.97 Å². The molecule has 2 saturated heterocycles. The maximum atomic E-state index is 10.6. The van der Waals surface area contributed by atoms with Gasteiger partial charge in [0.15, 0.2) is 0 Å². The monoisotopic (exact) mass is 243 g/mol. The Morgan fingerprint density at radius 3 is 3.00 bits per heavy atom. The molecule has 0 aromatic heterocycles. The minimum absolute atomic E-state index is 0.109. The molecular formula is C12H21NO4. The van der Waals surface area contributed by atoms with E-state index in [0.29, 0.717) is 12.5 Å². The summed E-state index contributed by atoms with van der Waals surface area (Å²) in [4.78, 5) is 13.0. The highest BCUT2D eigenvalue weighted by Crippen LogP contribution is 2.17. The van der Waals surface area contributed by atoms with E-state index in [-0.39, 0.29) is 12.5 Å². The predicted molar refractivity (Wildman–Crippen MR) is 62.0 cm³/mol. The summed E-state index contributed by atoms with van der Waals surface area (Å²) < 4.78 is 10.9. The Morgan fingerprint density at radius 1 is 1.41 bits per heavy atom. The molecule has 5 nitrogen and oxygen atoms in total. The molecule has 0 spiro atoms. The fourth-order valence-electron chi connectivity index (χ4n) is 2.58. The molecular weight excluding hydrogens is 222 g/mol. The first-order chi connectivity index (χ1) is 8.24. The molecule has 0 radical (unpaired) electrons. The van der Waals surface area contributed by atoms with E-state index in [1.807, 2.05) is 0 Å². The van der Waals surface area contributed by atoms with Gasteiger partial charge in [-0.15, -0.1) is 0 Å². The van der Waals surface area contributed by atoms with Crippen LogP contribution in [0.25, 0.3) is 0 Å². The van der Waals surface area contributed by atoms with Crippen LogP contribution in [0.2, 0.25) is 0 Å². The summed E-state index contributed by atoms with van der Waals surface area (Å²) in [6, 6.07) is 0. The topological polar surface area (TPSA) is 59.0 Å². The van der Waals surface area contributed by atoms with Crippen molar-refractivity contribution in [2.75, 3.05) is 39.5 Å². The van der Waals surface area contributed by atoms with Crippen molar-refractivity contribution in [1.29, 1.82) is 0 Å². The highest BCUT2D eigenvalue weighted by Gasteiger charge is 2.25. The van der Waals surface area contributed by atoms with Gasteiger partial charge in [0.1, 0.15) is 0 Å². The minimum atomic E-state index is -0.780. The van der Waals surface area contributed by atoms with Crippen LogP contribution in [-0.2, 0) is 14.3 Å². The summed E-state index contributed by atoms with van der Waals surface area (Å²) in [6.07, 6.45) is 2.33. The van der Waals surface area contributed by atoms with Crippen molar-refractivity contribution in [3.05, 3.63) is 0 Å². The molecule has 98 valence electrons. The van der Waals surface area contributed by atoms with Gasteiger partial charge in [-0.05, 0) is 18.8 Å². The molecule has 1 N–H and O–H groups in total. The minimum Gasteiger partial charge on any atom is -0.481 e. The summed E-state index contributed by atoms with van der Waals surface area (Å²) in [5.74, 6) is -0.176. The van der Waals surface area contributed by atoms with E-state index in [0.717, 1.165) is 39.3 Å². The van der Waals surface area contributed by atoms with Gasteiger partial charge >= 0.3 is 5.97 Å². The van der Waals surface area contributed by atoms with Gasteiger partial charge in [-0.2, -0.15) is 0 Å². The van der Waals surface area contributed by atoms with E-state index >= 15 is 0 Å². The lowest BCUT2D eigenvalue weighted by Crippen LogP contribution is -2.46. The highest BCUT2D eigenvalue weighted by atomic mass is 16.5. The van der Waals surface area contributed by atoms with Gasteiger partial charge in [-0.3, -0.25) is 9.69 Å². The predicted octanol–water partition coefficient (Wildman–Crippen LogP) is 0.588. The summed E-state index contributed by atoms with van der Waals surface area (Å²) in [7, 11) is 0. The zero-order valence-corrected chi connectivity index (χ0v) is 10.1. The van der Waals surface area contributed by atoms with Crippen LogP contribution in [0.5, 0.6) is 0 Å². The van der Waals surface area contributed by atoms with Crippen molar-refractivity contribution in [1.82, 2.24) is 4.90 Å². The lowest BCUT2D eigenvalue weighted by atomic mass is 10.0. The zero-order chi connectivity index (χ0) is 12.1. The Labute approximate surface area is 102 Å². The number of morpholine rings is 1. The summed E-state index contributed by atoms with van der Waals surface area (Å²) in [6.45, 7) is 5.04. The molecule has 0 amide bonds. The van der Waals surface area contributed by atoms with Gasteiger partial charge in [-0.1, -0.05) is 0 Å². The van der Waals surface area contributed by atoms with Crippen LogP contribution in [0.4, 0.5) is 0 Å². The Balaban J connectivity index is 1.74. The van der Waals surface area contributed by atoms with Gasteiger partial charge in [0.2, 0.25) is 0 Å². The molecule has 2 fully saturated rings. The van der Waals surface area contributed by atoms with Crippen molar-refractivity contribution in [2.45, 2.75) is 25.4 Å². The quantitative estimate of drug-likeness (QED) is 0.783. The fraction of sp³-hybridized carbons (Fsp3) is 0.917. The fourth-order valence-corrected chi connectivity index (χ4v) is 2.58. The molecule has 5 heteroatoms. The summed E-state index contributed by atoms with van der Waals surface area (Å²) in [5.41, 5.74) is 0. The number of carbonyl (C=O) groups is 1. The third-order valence-corrected chi connectivity index (χ3v) is 3.40. The Morgan fingerprint density at radius 2 is 2.29 bits per heavy atom. The highest BCUT2D eigenvalue weighted by molar-refractivity contribution is 5.67. The van der Waals surface area contributed by atoms with E-state index < -0.39 is 5.97 Å². The van der Waals surface area contributed by atoms with Gasteiger partial charge < -0.3 is 14.6 Å². The van der Waals surface area contributed by atoms with E-state index in [4.69, 9.17) is 14.6 Å². The lowest BCUT2D eigenvalue weighted by molar-refractivity contribution is -0.142. The molecule has 0 bridgehead atoms. The average molecular weight is 243 g/mol. The molecule has 2 aliphatic rings. The van der Waals surface area contributed by atoms with Gasteiger partial charge in [0.05, 0.1) is 25.7 Å². The van der Waals surface area contributed by atoms with Crippen LogP contribution in [0.1, 0.15) is 19.3 Å². The Kier molecular flexibility index (Phi) is 4.76. The molecule has 2 aliphatic heterocycles. The third kappa shape index (κ3) is 4.26. The maximum absolute atomic E-state index is 10.6. The van der Waals surface area contributed by atoms with Crippen molar-refractivity contribution in [3.8, 4) is 0 Å². The molecule has 2 heterocycles. The zero-order valence-electron chi connectivity index (χ0n) is 10.1. The summed E-state index contributed by atoms with van der Waals surface area (Å²) in [5, 5.41) is 8.75. The van der Waals surface area contributed by atoms with Gasteiger partial charge in [0, 0.05) is 26.2 Å². The summed E-state index contributed by atoms with van der Waals surface area (Å²) >= 11 is 0. The second-order valence-corrected chi connectivity index (χ2v) is 4.93. The molecule has 2 rings (SSSR count). The number of carboxylic acids is 1. The molecule has 17 heavy (non-hydrogen) atoms. The van der Waals surface area contributed by atoms with Gasteiger partial charge in [0.25, 0.3) is 0 Å². The van der Waals surface area contributed by atoms with Crippen LogP contribution in [0.15, 0.2) is 0 Å². The SMILES string of the molecule is O=C(O)CC1CN(CC2CCCOC2)CCO1. The smallest absolute Gasteiger partial charge is 0.306 e. The van der Waals surface area contributed by atoms with Crippen LogP contribution in [0.3, 0.4) is 0 Å². The second kappa shape index (κ2) is 6.33. The number of rotatable bonds is 4. The van der Waals surface area contributed by atoms with Crippen LogP contribution >= 0.6 is 0 Å². The number of hydrogen-bond acceptors (Lipinski definition) is 4. The van der Waals surface area contributed by atoms with Crippen molar-refractivity contribution < 1.29 is 19.4 Å². The Bertz CT molecular complexity index is 253. The standard InChI is InChI=1S/C12H21NO4/c14-12(15)6-11-8-13(3-5-17-11)7-10-2-1-4-16-9-10/h10-11H,1-9H2,(H,14,15). The first-order valence-corrected chi connectivity index (χ1v) is 6.37. The normalized spacial score (nSPS) is 31.3.